The van der Waals surface area contributed by atoms with E-state index in [1.807, 2.05) is 24.3 Å². The second-order valence-corrected chi connectivity index (χ2v) is 4.23. The van der Waals surface area contributed by atoms with E-state index in [1.54, 1.807) is 0 Å². The van der Waals surface area contributed by atoms with Gasteiger partial charge in [-0.3, -0.25) is 4.79 Å². The average molecular weight is 236 g/mol. The number of carbonyl (C=O) groups excluding carboxylic acids is 1. The fourth-order valence-corrected chi connectivity index (χ4v) is 2.02. The molecule has 0 saturated heterocycles. The summed E-state index contributed by atoms with van der Waals surface area (Å²) < 4.78 is 10.1. The molecule has 1 aromatic rings. The third kappa shape index (κ3) is 2.77. The van der Waals surface area contributed by atoms with Gasteiger partial charge in [0.25, 0.3) is 0 Å². The van der Waals surface area contributed by atoms with Gasteiger partial charge >= 0.3 is 5.97 Å². The topological polar surface area (TPSA) is 55.8 Å². The first-order valence-corrected chi connectivity index (χ1v) is 5.66. The van der Waals surface area contributed by atoms with Crippen molar-refractivity contribution in [3.8, 4) is 5.75 Å². The van der Waals surface area contributed by atoms with Crippen LogP contribution in [0.3, 0.4) is 0 Å². The number of rotatable bonds is 3. The van der Waals surface area contributed by atoms with Crippen LogP contribution in [-0.4, -0.2) is 30.9 Å². The number of methoxy groups -OCH3 is 1. The van der Waals surface area contributed by atoms with E-state index in [9.17, 15) is 9.90 Å². The Kier molecular flexibility index (Phi) is 3.64. The molecule has 0 fully saturated rings. The molecule has 4 heteroatoms. The van der Waals surface area contributed by atoms with Crippen LogP contribution in [0.4, 0.5) is 0 Å². The molecule has 0 radical (unpaired) electrons. The van der Waals surface area contributed by atoms with Crippen LogP contribution >= 0.6 is 0 Å². The number of benzene rings is 1. The van der Waals surface area contributed by atoms with E-state index in [0.717, 1.165) is 17.7 Å². The van der Waals surface area contributed by atoms with Crippen LogP contribution in [0, 0.1) is 5.92 Å². The lowest BCUT2D eigenvalue weighted by Gasteiger charge is -2.28. The summed E-state index contributed by atoms with van der Waals surface area (Å²) in [5.74, 6) is 0.425. The third-order valence-corrected chi connectivity index (χ3v) is 3.06. The minimum atomic E-state index is -0.712. The van der Waals surface area contributed by atoms with Crippen molar-refractivity contribution < 1.29 is 19.4 Å². The summed E-state index contributed by atoms with van der Waals surface area (Å²) in [4.78, 5) is 11.1. The minimum absolute atomic E-state index is 0.0205. The van der Waals surface area contributed by atoms with Crippen molar-refractivity contribution in [2.45, 2.75) is 18.9 Å². The van der Waals surface area contributed by atoms with Gasteiger partial charge < -0.3 is 14.6 Å². The molecule has 2 rings (SSSR count). The highest BCUT2D eigenvalue weighted by atomic mass is 16.5. The van der Waals surface area contributed by atoms with Crippen LogP contribution in [0.2, 0.25) is 0 Å². The highest BCUT2D eigenvalue weighted by Gasteiger charge is 2.27. The molecule has 0 spiro atoms. The maximum atomic E-state index is 11.1. The van der Waals surface area contributed by atoms with E-state index >= 15 is 0 Å². The fraction of sp³-hybridized carbons (Fsp3) is 0.462. The standard InChI is InChI=1S/C13H16O4/c1-16-13(15)7-11(14)10-6-9-4-2-3-5-12(9)17-8-10/h2-5,10-11,14H,6-8H2,1H3. The Morgan fingerprint density at radius 3 is 3.12 bits per heavy atom. The minimum Gasteiger partial charge on any atom is -0.493 e. The molecule has 92 valence electrons. The fourth-order valence-electron chi connectivity index (χ4n) is 2.02. The molecule has 1 N–H and O–H groups in total. The smallest absolute Gasteiger partial charge is 0.308 e. The molecule has 0 saturated carbocycles. The molecule has 0 aromatic heterocycles. The number of ether oxygens (including phenoxy) is 2. The first-order chi connectivity index (χ1) is 8.20. The first-order valence-electron chi connectivity index (χ1n) is 5.66. The van der Waals surface area contributed by atoms with Gasteiger partial charge in [-0.05, 0) is 18.1 Å². The van der Waals surface area contributed by atoms with Gasteiger partial charge in [0, 0.05) is 5.92 Å². The monoisotopic (exact) mass is 236 g/mol. The van der Waals surface area contributed by atoms with E-state index in [4.69, 9.17) is 4.74 Å². The number of hydrogen-bond acceptors (Lipinski definition) is 4. The quantitative estimate of drug-likeness (QED) is 0.800. The van der Waals surface area contributed by atoms with Gasteiger partial charge in [0.2, 0.25) is 0 Å². The van der Waals surface area contributed by atoms with Gasteiger partial charge in [0.05, 0.1) is 26.2 Å². The Morgan fingerprint density at radius 2 is 2.35 bits per heavy atom. The maximum Gasteiger partial charge on any atom is 0.308 e. The van der Waals surface area contributed by atoms with Gasteiger partial charge in [-0.2, -0.15) is 0 Å². The number of para-hydroxylation sites is 1. The van der Waals surface area contributed by atoms with Crippen molar-refractivity contribution in [3.63, 3.8) is 0 Å². The number of esters is 1. The lowest BCUT2D eigenvalue weighted by molar-refractivity contribution is -0.143. The van der Waals surface area contributed by atoms with Crippen molar-refractivity contribution in [3.05, 3.63) is 29.8 Å². The van der Waals surface area contributed by atoms with Gasteiger partial charge in [-0.15, -0.1) is 0 Å². The third-order valence-electron chi connectivity index (χ3n) is 3.06. The summed E-state index contributed by atoms with van der Waals surface area (Å²) >= 11 is 0. The molecule has 1 aliphatic rings. The van der Waals surface area contributed by atoms with Crippen LogP contribution in [0.5, 0.6) is 5.75 Å². The van der Waals surface area contributed by atoms with E-state index in [0.29, 0.717) is 6.61 Å². The molecular formula is C13H16O4. The number of carbonyl (C=O) groups is 1. The van der Waals surface area contributed by atoms with Crippen LogP contribution in [0.15, 0.2) is 24.3 Å². The molecule has 1 aliphatic heterocycles. The predicted molar refractivity (Wildman–Crippen MR) is 61.8 cm³/mol. The van der Waals surface area contributed by atoms with Crippen LogP contribution < -0.4 is 4.74 Å². The lowest BCUT2D eigenvalue weighted by atomic mass is 9.90. The first kappa shape index (κ1) is 11.9. The van der Waals surface area contributed by atoms with Gasteiger partial charge in [0.1, 0.15) is 5.75 Å². The highest BCUT2D eigenvalue weighted by molar-refractivity contribution is 5.69. The summed E-state index contributed by atoms with van der Waals surface area (Å²) in [6, 6.07) is 7.76. The number of hydrogen-bond donors (Lipinski definition) is 1. The Morgan fingerprint density at radius 1 is 1.59 bits per heavy atom. The number of fused-ring (bicyclic) bond motifs is 1. The molecular weight excluding hydrogens is 220 g/mol. The highest BCUT2D eigenvalue weighted by Crippen LogP contribution is 2.28. The van der Waals surface area contributed by atoms with Crippen molar-refractivity contribution in [1.82, 2.24) is 0 Å². The average Bonchev–Trinajstić information content (AvgIpc) is 2.38. The number of aliphatic hydroxyl groups is 1. The van der Waals surface area contributed by atoms with Crippen molar-refractivity contribution in [2.24, 2.45) is 5.92 Å². The molecule has 17 heavy (non-hydrogen) atoms. The molecule has 2 atom stereocenters. The van der Waals surface area contributed by atoms with E-state index in [2.05, 4.69) is 4.74 Å². The Hall–Kier alpha value is -1.55. The van der Waals surface area contributed by atoms with Gasteiger partial charge in [-0.1, -0.05) is 18.2 Å². The van der Waals surface area contributed by atoms with Gasteiger partial charge in [0.15, 0.2) is 0 Å². The van der Waals surface area contributed by atoms with Crippen LogP contribution in [-0.2, 0) is 16.0 Å². The van der Waals surface area contributed by atoms with Crippen molar-refractivity contribution in [2.75, 3.05) is 13.7 Å². The Bertz CT molecular complexity index is 402. The number of aliphatic hydroxyl groups excluding tert-OH is 1. The van der Waals surface area contributed by atoms with E-state index < -0.39 is 12.1 Å². The molecule has 0 amide bonds. The van der Waals surface area contributed by atoms with Crippen molar-refractivity contribution in [1.29, 1.82) is 0 Å². The molecule has 1 aromatic carbocycles. The second kappa shape index (κ2) is 5.19. The van der Waals surface area contributed by atoms with E-state index in [-0.39, 0.29) is 12.3 Å². The molecule has 4 nitrogen and oxygen atoms in total. The van der Waals surface area contributed by atoms with Crippen LogP contribution in [0.1, 0.15) is 12.0 Å². The molecule has 0 aliphatic carbocycles. The largest absolute Gasteiger partial charge is 0.493 e. The predicted octanol–water partition coefficient (Wildman–Crippen LogP) is 1.16. The molecule has 2 unspecified atom stereocenters. The molecule has 0 bridgehead atoms. The zero-order valence-electron chi connectivity index (χ0n) is 9.76. The lowest BCUT2D eigenvalue weighted by Crippen LogP contribution is -2.33. The zero-order valence-corrected chi connectivity index (χ0v) is 9.76. The van der Waals surface area contributed by atoms with Crippen molar-refractivity contribution >= 4 is 5.97 Å². The van der Waals surface area contributed by atoms with Crippen LogP contribution in [0.25, 0.3) is 0 Å². The summed E-state index contributed by atoms with van der Waals surface area (Å²) in [6.07, 6.45) is 0.0388. The summed E-state index contributed by atoms with van der Waals surface area (Å²) in [5.41, 5.74) is 1.08. The Labute approximate surface area is 100 Å². The summed E-state index contributed by atoms with van der Waals surface area (Å²) in [5, 5.41) is 9.92. The zero-order chi connectivity index (χ0) is 12.3. The maximum absolute atomic E-state index is 11.1. The normalized spacial score (nSPS) is 20.0. The summed E-state index contributed by atoms with van der Waals surface area (Å²) in [6.45, 7) is 0.440. The SMILES string of the molecule is COC(=O)CC(O)C1COc2ccccc2C1. The second-order valence-electron chi connectivity index (χ2n) is 4.23. The Balaban J connectivity index is 2.00. The summed E-state index contributed by atoms with van der Waals surface area (Å²) in [7, 11) is 1.32. The molecule has 1 heterocycles. The van der Waals surface area contributed by atoms with Gasteiger partial charge in [-0.25, -0.2) is 0 Å². The van der Waals surface area contributed by atoms with E-state index in [1.165, 1.54) is 7.11 Å².